The molecule has 0 spiro atoms. The van der Waals surface area contributed by atoms with Gasteiger partial charge in [0.25, 0.3) is 11.8 Å². The van der Waals surface area contributed by atoms with Gasteiger partial charge in [-0.25, -0.2) is 0 Å². The lowest BCUT2D eigenvalue weighted by Crippen LogP contribution is -2.40. The van der Waals surface area contributed by atoms with Gasteiger partial charge in [-0.1, -0.05) is 73.7 Å². The van der Waals surface area contributed by atoms with Crippen LogP contribution in [0.3, 0.4) is 0 Å². The van der Waals surface area contributed by atoms with E-state index in [2.05, 4.69) is 84.0 Å². The van der Waals surface area contributed by atoms with E-state index in [4.69, 9.17) is 0 Å². The van der Waals surface area contributed by atoms with E-state index in [9.17, 15) is 9.59 Å². The number of hydrogen-bond donors (Lipinski definition) is 0. The molecule has 1 aromatic heterocycles. The second kappa shape index (κ2) is 9.55. The van der Waals surface area contributed by atoms with E-state index in [1.165, 1.54) is 26.7 Å². The van der Waals surface area contributed by atoms with Crippen LogP contribution in [-0.2, 0) is 0 Å². The fraction of sp³-hybridized carbons (Fsp3) is 0.111. The van der Waals surface area contributed by atoms with Crippen molar-refractivity contribution in [3.8, 4) is 17.5 Å². The minimum Gasteiger partial charge on any atom is -0.309 e. The summed E-state index contributed by atoms with van der Waals surface area (Å²) < 4.78 is 2.28. The molecule has 6 aromatic rings. The first kappa shape index (κ1) is 23.9. The highest BCUT2D eigenvalue weighted by Gasteiger charge is 2.32. The second-order valence-electron chi connectivity index (χ2n) is 10.2. The van der Waals surface area contributed by atoms with Crippen molar-refractivity contribution in [3.05, 3.63) is 125 Å². The fourth-order valence-corrected chi connectivity index (χ4v) is 5.81. The maximum absolute atomic E-state index is 13.2. The van der Waals surface area contributed by atoms with Gasteiger partial charge >= 0.3 is 0 Å². The van der Waals surface area contributed by atoms with Gasteiger partial charge in [-0.2, -0.15) is 0 Å². The molecule has 40 heavy (non-hydrogen) atoms. The lowest BCUT2D eigenvalue weighted by molar-refractivity contribution is 0.0608. The van der Waals surface area contributed by atoms with Crippen LogP contribution in [0.2, 0.25) is 0 Å². The highest BCUT2D eigenvalue weighted by Crippen LogP contribution is 2.33. The zero-order valence-electron chi connectivity index (χ0n) is 22.1. The van der Waals surface area contributed by atoms with Crippen LogP contribution in [0.25, 0.3) is 38.3 Å². The Morgan fingerprint density at radius 1 is 0.625 bits per heavy atom. The second-order valence-corrected chi connectivity index (χ2v) is 10.2. The summed E-state index contributed by atoms with van der Waals surface area (Å²) in [5, 5.41) is 4.01. The van der Waals surface area contributed by atoms with Gasteiger partial charge in [0, 0.05) is 50.6 Å². The van der Waals surface area contributed by atoms with E-state index in [1.807, 2.05) is 42.5 Å². The highest BCUT2D eigenvalue weighted by atomic mass is 16.2. The SMILES string of the molecule is CCCCN1C(=O)c2cccc3c(C#Cc4ccc(-n5c6ccccc6c6ccccc65)cc4)ccc(c23)C1=O. The monoisotopic (exact) mass is 518 g/mol. The Balaban J connectivity index is 1.26. The molecule has 192 valence electrons. The Labute approximate surface area is 232 Å². The number of benzene rings is 5. The minimum atomic E-state index is -0.220. The van der Waals surface area contributed by atoms with Gasteiger partial charge in [0.2, 0.25) is 0 Å². The summed E-state index contributed by atoms with van der Waals surface area (Å²) in [4.78, 5) is 27.7. The summed E-state index contributed by atoms with van der Waals surface area (Å²) in [7, 11) is 0. The van der Waals surface area contributed by atoms with E-state index in [0.29, 0.717) is 23.1 Å². The molecule has 0 aliphatic carbocycles. The molecule has 1 aliphatic heterocycles. The number of imide groups is 1. The predicted octanol–water partition coefficient (Wildman–Crippen LogP) is 7.73. The Kier molecular flexibility index (Phi) is 5.72. The van der Waals surface area contributed by atoms with Crippen molar-refractivity contribution in [3.63, 3.8) is 0 Å². The zero-order chi connectivity index (χ0) is 27.2. The molecule has 0 saturated carbocycles. The fourth-order valence-electron chi connectivity index (χ4n) is 5.81. The summed E-state index contributed by atoms with van der Waals surface area (Å²) in [6.45, 7) is 2.49. The average molecular weight is 519 g/mol. The van der Waals surface area contributed by atoms with Crippen molar-refractivity contribution >= 4 is 44.4 Å². The number of rotatable bonds is 4. The van der Waals surface area contributed by atoms with Gasteiger partial charge in [0.05, 0.1) is 11.0 Å². The van der Waals surface area contributed by atoms with Crippen LogP contribution in [0.5, 0.6) is 0 Å². The smallest absolute Gasteiger partial charge is 0.261 e. The predicted molar refractivity (Wildman–Crippen MR) is 161 cm³/mol. The molecule has 0 atom stereocenters. The standard InChI is InChI=1S/C36H26N2O2/c1-2-3-23-37-35(39)30-12-8-11-27-25(19-22-31(34(27)30)36(37)40)18-15-24-16-20-26(21-17-24)38-32-13-6-4-9-28(32)29-10-5-7-14-33(29)38/h4-14,16-17,19-22H,2-3,23H2,1H3. The lowest BCUT2D eigenvalue weighted by Gasteiger charge is -2.27. The zero-order valence-corrected chi connectivity index (χ0v) is 22.1. The third kappa shape index (κ3) is 3.71. The van der Waals surface area contributed by atoms with Crippen molar-refractivity contribution in [1.82, 2.24) is 9.47 Å². The lowest BCUT2D eigenvalue weighted by atomic mass is 9.91. The first-order valence-corrected chi connectivity index (χ1v) is 13.7. The molecule has 0 fully saturated rings. The van der Waals surface area contributed by atoms with E-state index < -0.39 is 0 Å². The number of aromatic nitrogens is 1. The van der Waals surface area contributed by atoms with Crippen molar-refractivity contribution in [2.24, 2.45) is 0 Å². The molecule has 0 bridgehead atoms. The molecular formula is C36H26N2O2. The third-order valence-corrected chi connectivity index (χ3v) is 7.77. The number of hydrogen-bond acceptors (Lipinski definition) is 2. The van der Waals surface area contributed by atoms with Crippen LogP contribution < -0.4 is 0 Å². The quantitative estimate of drug-likeness (QED) is 0.177. The van der Waals surface area contributed by atoms with Crippen LogP contribution in [0.4, 0.5) is 0 Å². The molecule has 4 nitrogen and oxygen atoms in total. The van der Waals surface area contributed by atoms with Crippen molar-refractivity contribution < 1.29 is 9.59 Å². The van der Waals surface area contributed by atoms with E-state index in [-0.39, 0.29) is 11.8 Å². The number of nitrogens with zero attached hydrogens (tertiary/aromatic N) is 2. The van der Waals surface area contributed by atoms with Gasteiger partial charge < -0.3 is 4.57 Å². The van der Waals surface area contributed by atoms with Crippen LogP contribution in [0.1, 0.15) is 51.6 Å². The molecule has 0 saturated heterocycles. The number of carbonyl (C=O) groups excluding carboxylic acids is 2. The largest absolute Gasteiger partial charge is 0.309 e. The summed E-state index contributed by atoms with van der Waals surface area (Å²) in [5.41, 5.74) is 6.25. The number of fused-ring (bicyclic) bond motifs is 3. The van der Waals surface area contributed by atoms with Crippen LogP contribution in [0.15, 0.2) is 103 Å². The molecular weight excluding hydrogens is 492 g/mol. The van der Waals surface area contributed by atoms with Crippen molar-refractivity contribution in [2.45, 2.75) is 19.8 Å². The topological polar surface area (TPSA) is 42.3 Å². The van der Waals surface area contributed by atoms with E-state index in [0.717, 1.165) is 35.0 Å². The minimum absolute atomic E-state index is 0.220. The first-order chi connectivity index (χ1) is 19.7. The van der Waals surface area contributed by atoms with Gasteiger partial charge in [0.15, 0.2) is 0 Å². The molecule has 0 unspecified atom stereocenters. The van der Waals surface area contributed by atoms with Gasteiger partial charge in [-0.3, -0.25) is 14.5 Å². The summed E-state index contributed by atoms with van der Waals surface area (Å²) >= 11 is 0. The third-order valence-electron chi connectivity index (χ3n) is 7.77. The number of carbonyl (C=O) groups is 2. The molecule has 1 aliphatic rings. The Morgan fingerprint density at radius 3 is 1.93 bits per heavy atom. The van der Waals surface area contributed by atoms with Crippen molar-refractivity contribution in [2.75, 3.05) is 6.54 Å². The number of para-hydroxylation sites is 2. The molecule has 2 amide bonds. The molecule has 4 heteroatoms. The Hall–Kier alpha value is -5.14. The summed E-state index contributed by atoms with van der Waals surface area (Å²) in [6, 6.07) is 34.5. The maximum Gasteiger partial charge on any atom is 0.261 e. The average Bonchev–Trinajstić information content (AvgIpc) is 3.33. The summed E-state index contributed by atoms with van der Waals surface area (Å²) in [6.07, 6.45) is 1.71. The summed E-state index contributed by atoms with van der Waals surface area (Å²) in [5.74, 6) is 6.16. The molecule has 0 radical (unpaired) electrons. The Bertz CT molecular complexity index is 1960. The van der Waals surface area contributed by atoms with Gasteiger partial charge in [0.1, 0.15) is 0 Å². The molecule has 5 aromatic carbocycles. The van der Waals surface area contributed by atoms with Gasteiger partial charge in [-0.15, -0.1) is 0 Å². The van der Waals surface area contributed by atoms with Crippen LogP contribution >= 0.6 is 0 Å². The number of unbranched alkanes of at least 4 members (excludes halogenated alkanes) is 1. The van der Waals surface area contributed by atoms with Crippen molar-refractivity contribution in [1.29, 1.82) is 0 Å². The van der Waals surface area contributed by atoms with E-state index >= 15 is 0 Å². The van der Waals surface area contributed by atoms with E-state index in [1.54, 1.807) is 0 Å². The first-order valence-electron chi connectivity index (χ1n) is 13.7. The number of amides is 2. The Morgan fingerprint density at radius 2 is 1.25 bits per heavy atom. The molecule has 7 rings (SSSR count). The molecule has 2 heterocycles. The maximum atomic E-state index is 13.2. The normalized spacial score (nSPS) is 12.8. The molecule has 0 N–H and O–H groups in total. The van der Waals surface area contributed by atoms with Crippen LogP contribution in [-0.4, -0.2) is 27.8 Å². The van der Waals surface area contributed by atoms with Crippen LogP contribution in [0, 0.1) is 11.8 Å². The van der Waals surface area contributed by atoms with Gasteiger partial charge in [-0.05, 0) is 66.4 Å². The highest BCUT2D eigenvalue weighted by molar-refractivity contribution is 6.26.